The van der Waals surface area contributed by atoms with Crippen molar-refractivity contribution in [3.05, 3.63) is 24.3 Å². The zero-order valence-electron chi connectivity index (χ0n) is 21.2. The lowest BCUT2D eigenvalue weighted by Gasteiger charge is -2.33. The molecular formula is C26H35N3O6. The molecule has 2 saturated heterocycles. The first kappa shape index (κ1) is 25.3. The molecule has 1 aromatic rings. The summed E-state index contributed by atoms with van der Waals surface area (Å²) in [5, 5.41) is 0. The lowest BCUT2D eigenvalue weighted by atomic mass is 10.0. The van der Waals surface area contributed by atoms with Crippen LogP contribution in [0.5, 0.6) is 5.75 Å². The number of hydrogen-bond donors (Lipinski definition) is 0. The van der Waals surface area contributed by atoms with E-state index >= 15 is 0 Å². The van der Waals surface area contributed by atoms with Crippen LogP contribution in [-0.2, 0) is 23.9 Å². The molecule has 0 N–H and O–H groups in total. The second-order valence-corrected chi connectivity index (χ2v) is 10.7. The van der Waals surface area contributed by atoms with Crippen molar-refractivity contribution < 1.29 is 28.7 Å². The predicted molar refractivity (Wildman–Crippen MR) is 129 cm³/mol. The molecule has 1 aliphatic carbocycles. The number of hydrogen-bond acceptors (Lipinski definition) is 7. The summed E-state index contributed by atoms with van der Waals surface area (Å²) in [4.78, 5) is 56.5. The topological polar surface area (TPSA) is 96.5 Å². The SMILES string of the molecule is CC(=O)Oc1ccc(N2C(=O)CC(N(CCN3CCOCC3)C(=O)C3C(C)(C)C3(C)C)C2=O)cc1. The maximum absolute atomic E-state index is 13.8. The first-order chi connectivity index (χ1) is 16.4. The Hall–Kier alpha value is -2.78. The molecular weight excluding hydrogens is 450 g/mol. The molecule has 3 fully saturated rings. The van der Waals surface area contributed by atoms with Gasteiger partial charge in [-0.15, -0.1) is 0 Å². The summed E-state index contributed by atoms with van der Waals surface area (Å²) in [5.74, 6) is -1.14. The van der Waals surface area contributed by atoms with Gasteiger partial charge in [0.2, 0.25) is 11.8 Å². The number of anilines is 1. The molecule has 1 unspecified atom stereocenters. The Balaban J connectivity index is 1.55. The molecule has 9 nitrogen and oxygen atoms in total. The third-order valence-electron chi connectivity index (χ3n) is 8.17. The van der Waals surface area contributed by atoms with Crippen molar-refractivity contribution in [3.63, 3.8) is 0 Å². The monoisotopic (exact) mass is 485 g/mol. The molecule has 3 aliphatic rings. The Labute approximate surface area is 206 Å². The molecule has 0 spiro atoms. The van der Waals surface area contributed by atoms with Gasteiger partial charge in [-0.3, -0.25) is 24.1 Å². The van der Waals surface area contributed by atoms with Crippen LogP contribution in [0.1, 0.15) is 41.0 Å². The number of esters is 1. The third-order valence-corrected chi connectivity index (χ3v) is 8.17. The van der Waals surface area contributed by atoms with Crippen LogP contribution >= 0.6 is 0 Å². The normalized spacial score (nSPS) is 23.9. The molecule has 1 atom stereocenters. The molecule has 0 aromatic heterocycles. The van der Waals surface area contributed by atoms with Crippen molar-refractivity contribution in [2.24, 2.45) is 16.7 Å². The number of imide groups is 1. The van der Waals surface area contributed by atoms with Gasteiger partial charge in [-0.05, 0) is 35.1 Å². The first-order valence-electron chi connectivity index (χ1n) is 12.2. The standard InChI is InChI=1S/C26H35N3O6/c1-17(30)35-19-8-6-18(7-9-19)29-21(31)16-20(23(29)32)28(11-10-27-12-14-34-15-13-27)24(33)22-25(2,3)26(22,4)5/h6-9,20,22H,10-16H2,1-5H3. The number of nitrogens with zero attached hydrogens (tertiary/aromatic N) is 3. The molecule has 0 radical (unpaired) electrons. The molecule has 190 valence electrons. The largest absolute Gasteiger partial charge is 0.427 e. The minimum Gasteiger partial charge on any atom is -0.427 e. The molecule has 2 heterocycles. The molecule has 35 heavy (non-hydrogen) atoms. The van der Waals surface area contributed by atoms with Crippen molar-refractivity contribution in [2.45, 2.75) is 47.1 Å². The van der Waals surface area contributed by atoms with E-state index in [0.717, 1.165) is 18.0 Å². The zero-order chi connectivity index (χ0) is 25.5. The van der Waals surface area contributed by atoms with E-state index in [1.54, 1.807) is 29.2 Å². The van der Waals surface area contributed by atoms with E-state index in [1.807, 2.05) is 0 Å². The Morgan fingerprint density at radius 3 is 2.20 bits per heavy atom. The van der Waals surface area contributed by atoms with Gasteiger partial charge >= 0.3 is 5.97 Å². The van der Waals surface area contributed by atoms with Gasteiger partial charge < -0.3 is 14.4 Å². The van der Waals surface area contributed by atoms with Crippen LogP contribution < -0.4 is 9.64 Å². The quantitative estimate of drug-likeness (QED) is 0.331. The maximum atomic E-state index is 13.8. The molecule has 2 aliphatic heterocycles. The van der Waals surface area contributed by atoms with Gasteiger partial charge in [0.15, 0.2) is 0 Å². The van der Waals surface area contributed by atoms with Gasteiger partial charge in [0.25, 0.3) is 5.91 Å². The average Bonchev–Trinajstić information content (AvgIpc) is 3.02. The van der Waals surface area contributed by atoms with Gasteiger partial charge in [-0.2, -0.15) is 0 Å². The maximum Gasteiger partial charge on any atom is 0.308 e. The Bertz CT molecular complexity index is 998. The number of carbonyl (C=O) groups is 4. The van der Waals surface area contributed by atoms with Gasteiger partial charge in [0.1, 0.15) is 11.8 Å². The van der Waals surface area contributed by atoms with Gasteiger partial charge in [0, 0.05) is 39.0 Å². The minimum atomic E-state index is -0.837. The predicted octanol–water partition coefficient (Wildman–Crippen LogP) is 2.09. The highest BCUT2D eigenvalue weighted by molar-refractivity contribution is 6.23. The van der Waals surface area contributed by atoms with E-state index in [4.69, 9.17) is 9.47 Å². The van der Waals surface area contributed by atoms with E-state index in [9.17, 15) is 19.2 Å². The second-order valence-electron chi connectivity index (χ2n) is 10.7. The summed E-state index contributed by atoms with van der Waals surface area (Å²) >= 11 is 0. The number of ether oxygens (including phenoxy) is 2. The van der Waals surface area contributed by atoms with Crippen molar-refractivity contribution in [1.29, 1.82) is 0 Å². The summed E-state index contributed by atoms with van der Waals surface area (Å²) in [5.41, 5.74) is 0.0318. The third kappa shape index (κ3) is 4.71. The number of carbonyl (C=O) groups excluding carboxylic acids is 4. The summed E-state index contributed by atoms with van der Waals surface area (Å²) in [7, 11) is 0. The zero-order valence-corrected chi connectivity index (χ0v) is 21.2. The van der Waals surface area contributed by atoms with Crippen molar-refractivity contribution in [1.82, 2.24) is 9.80 Å². The van der Waals surface area contributed by atoms with E-state index < -0.39 is 17.9 Å². The highest BCUT2D eigenvalue weighted by atomic mass is 16.5. The molecule has 4 rings (SSSR count). The summed E-state index contributed by atoms with van der Waals surface area (Å²) < 4.78 is 10.5. The average molecular weight is 486 g/mol. The van der Waals surface area contributed by atoms with E-state index in [0.29, 0.717) is 37.7 Å². The highest BCUT2D eigenvalue weighted by Crippen LogP contribution is 2.69. The number of benzene rings is 1. The molecule has 1 saturated carbocycles. The van der Waals surface area contributed by atoms with E-state index in [1.165, 1.54) is 6.92 Å². The Kier molecular flexibility index (Phi) is 6.76. The van der Waals surface area contributed by atoms with Gasteiger partial charge in [-0.25, -0.2) is 4.90 Å². The fourth-order valence-electron chi connectivity index (χ4n) is 5.43. The first-order valence-corrected chi connectivity index (χ1v) is 12.2. The molecule has 9 heteroatoms. The van der Waals surface area contributed by atoms with E-state index in [-0.39, 0.29) is 35.0 Å². The second kappa shape index (κ2) is 9.35. The molecule has 1 aromatic carbocycles. The van der Waals surface area contributed by atoms with Crippen LogP contribution in [0.15, 0.2) is 24.3 Å². The summed E-state index contributed by atoms with van der Waals surface area (Å²) in [6.07, 6.45) is -0.0487. The van der Waals surface area contributed by atoms with Gasteiger partial charge in [0.05, 0.1) is 25.3 Å². The number of morpholine rings is 1. The number of amides is 3. The number of rotatable bonds is 7. The fraction of sp³-hybridized carbons (Fsp3) is 0.615. The van der Waals surface area contributed by atoms with Crippen LogP contribution in [0.3, 0.4) is 0 Å². The summed E-state index contributed by atoms with van der Waals surface area (Å²) in [6.45, 7) is 13.5. The van der Waals surface area contributed by atoms with Crippen LogP contribution in [0, 0.1) is 16.7 Å². The summed E-state index contributed by atoms with van der Waals surface area (Å²) in [6, 6.07) is 5.39. The van der Waals surface area contributed by atoms with Crippen LogP contribution in [0.2, 0.25) is 0 Å². The van der Waals surface area contributed by atoms with Crippen molar-refractivity contribution >= 4 is 29.4 Å². The van der Waals surface area contributed by atoms with Crippen molar-refractivity contribution in [2.75, 3.05) is 44.3 Å². The molecule has 0 bridgehead atoms. The lowest BCUT2D eigenvalue weighted by molar-refractivity contribution is -0.141. The van der Waals surface area contributed by atoms with Crippen molar-refractivity contribution in [3.8, 4) is 5.75 Å². The molecule has 3 amide bonds. The lowest BCUT2D eigenvalue weighted by Crippen LogP contribution is -2.50. The van der Waals surface area contributed by atoms with Crippen LogP contribution in [0.25, 0.3) is 0 Å². The Morgan fingerprint density at radius 2 is 1.66 bits per heavy atom. The van der Waals surface area contributed by atoms with Gasteiger partial charge in [-0.1, -0.05) is 27.7 Å². The fourth-order valence-corrected chi connectivity index (χ4v) is 5.43. The minimum absolute atomic E-state index is 0.0487. The van der Waals surface area contributed by atoms with E-state index in [2.05, 4.69) is 32.6 Å². The highest BCUT2D eigenvalue weighted by Gasteiger charge is 2.69. The smallest absolute Gasteiger partial charge is 0.308 e. The Morgan fingerprint density at radius 1 is 1.06 bits per heavy atom. The van der Waals surface area contributed by atoms with Crippen LogP contribution in [-0.4, -0.2) is 78.9 Å². The van der Waals surface area contributed by atoms with Crippen LogP contribution in [0.4, 0.5) is 5.69 Å².